The molecule has 1 N–H and O–H groups in total. The molecule has 1 aliphatic heterocycles. The number of methoxy groups -OCH3 is 1. The third kappa shape index (κ3) is 3.77. The SMILES string of the molecule is COc1cccc2c1nc(C(F)F)n2-c1nc(-c2cnn(C(=O)O)c2)nc(N2CCOCC2)n1. The standard InChI is InChI=1S/C20H18F2N8O4/c1-33-13-4-2-3-12-14(13)24-17(15(21)22)30(12)19-26-16(11-9-23-29(10-11)20(31)32)25-18(27-19)28-5-7-34-8-6-28/h2-4,9-10,15H,5-8H2,1H3,(H,31,32). The van der Waals surface area contributed by atoms with Crippen LogP contribution >= 0.6 is 0 Å². The van der Waals surface area contributed by atoms with Crippen molar-refractivity contribution in [2.45, 2.75) is 6.43 Å². The van der Waals surface area contributed by atoms with E-state index in [4.69, 9.17) is 9.47 Å². The minimum atomic E-state index is -2.93. The van der Waals surface area contributed by atoms with Gasteiger partial charge in [0.2, 0.25) is 11.9 Å². The molecule has 0 atom stereocenters. The molecular weight excluding hydrogens is 454 g/mol. The molecule has 4 aromatic rings. The lowest BCUT2D eigenvalue weighted by atomic mass is 10.3. The fourth-order valence-corrected chi connectivity index (χ4v) is 3.64. The highest BCUT2D eigenvalue weighted by atomic mass is 19.3. The zero-order chi connectivity index (χ0) is 23.8. The largest absolute Gasteiger partial charge is 0.494 e. The molecule has 4 heterocycles. The number of ether oxygens (including phenoxy) is 2. The maximum Gasteiger partial charge on any atom is 0.432 e. The molecule has 5 rings (SSSR count). The molecule has 176 valence electrons. The fourth-order valence-electron chi connectivity index (χ4n) is 3.64. The number of anilines is 1. The van der Waals surface area contributed by atoms with E-state index in [1.165, 1.54) is 19.5 Å². The van der Waals surface area contributed by atoms with Gasteiger partial charge in [0.15, 0.2) is 11.6 Å². The minimum Gasteiger partial charge on any atom is -0.494 e. The van der Waals surface area contributed by atoms with Crippen LogP contribution in [0.25, 0.3) is 28.4 Å². The van der Waals surface area contributed by atoms with Gasteiger partial charge in [0, 0.05) is 19.3 Å². The van der Waals surface area contributed by atoms with E-state index in [9.17, 15) is 18.7 Å². The van der Waals surface area contributed by atoms with Crippen molar-refractivity contribution in [3.8, 4) is 23.1 Å². The summed E-state index contributed by atoms with van der Waals surface area (Å²) in [5.41, 5.74) is 0.830. The number of fused-ring (bicyclic) bond motifs is 1. The van der Waals surface area contributed by atoms with Gasteiger partial charge in [0.25, 0.3) is 6.43 Å². The van der Waals surface area contributed by atoms with Crippen molar-refractivity contribution >= 4 is 23.1 Å². The van der Waals surface area contributed by atoms with Crippen LogP contribution in [-0.2, 0) is 4.74 Å². The van der Waals surface area contributed by atoms with Gasteiger partial charge in [-0.15, -0.1) is 0 Å². The smallest absolute Gasteiger partial charge is 0.432 e. The maximum absolute atomic E-state index is 14.1. The van der Waals surface area contributed by atoms with Gasteiger partial charge in [0.1, 0.15) is 11.3 Å². The lowest BCUT2D eigenvalue weighted by Gasteiger charge is -2.27. The molecule has 1 aromatic carbocycles. The zero-order valence-electron chi connectivity index (χ0n) is 17.8. The average molecular weight is 472 g/mol. The first-order chi connectivity index (χ1) is 16.5. The van der Waals surface area contributed by atoms with Crippen LogP contribution in [0.2, 0.25) is 0 Å². The number of aromatic nitrogens is 7. The highest BCUT2D eigenvalue weighted by Crippen LogP contribution is 2.32. The Labute approximate surface area is 190 Å². The number of hydrogen-bond acceptors (Lipinski definition) is 9. The summed E-state index contributed by atoms with van der Waals surface area (Å²) in [6.45, 7) is 1.86. The van der Waals surface area contributed by atoms with Gasteiger partial charge >= 0.3 is 6.09 Å². The third-order valence-electron chi connectivity index (χ3n) is 5.23. The van der Waals surface area contributed by atoms with E-state index in [0.29, 0.717) is 42.3 Å². The topological polar surface area (TPSA) is 133 Å². The van der Waals surface area contributed by atoms with Crippen molar-refractivity contribution in [1.82, 2.24) is 34.3 Å². The van der Waals surface area contributed by atoms with E-state index >= 15 is 0 Å². The summed E-state index contributed by atoms with van der Waals surface area (Å²) in [5.74, 6) is -0.0321. The first kappa shape index (κ1) is 21.6. The second-order valence-corrected chi connectivity index (χ2v) is 7.25. The van der Waals surface area contributed by atoms with Crippen molar-refractivity contribution in [1.29, 1.82) is 0 Å². The van der Waals surface area contributed by atoms with Gasteiger partial charge in [-0.3, -0.25) is 4.57 Å². The number of benzene rings is 1. The summed E-state index contributed by atoms with van der Waals surface area (Å²) in [4.78, 5) is 30.5. The van der Waals surface area contributed by atoms with E-state index in [2.05, 4.69) is 25.0 Å². The lowest BCUT2D eigenvalue weighted by molar-refractivity contribution is 0.122. The Morgan fingerprint density at radius 1 is 1.15 bits per heavy atom. The number of imidazole rings is 1. The quantitative estimate of drug-likeness (QED) is 0.461. The number of rotatable bonds is 5. The Balaban J connectivity index is 1.74. The van der Waals surface area contributed by atoms with Gasteiger partial charge in [-0.1, -0.05) is 6.07 Å². The zero-order valence-corrected chi connectivity index (χ0v) is 17.8. The molecule has 0 amide bonds. The van der Waals surface area contributed by atoms with Crippen LogP contribution < -0.4 is 9.64 Å². The van der Waals surface area contributed by atoms with Gasteiger partial charge in [-0.25, -0.2) is 18.6 Å². The number of alkyl halides is 2. The summed E-state index contributed by atoms with van der Waals surface area (Å²) in [6.07, 6.45) is -1.71. The number of carboxylic acid groups (broad SMARTS) is 1. The van der Waals surface area contributed by atoms with Crippen molar-refractivity contribution in [3.63, 3.8) is 0 Å². The average Bonchev–Trinajstić information content (AvgIpc) is 3.50. The Hall–Kier alpha value is -4.20. The molecule has 0 unspecified atom stereocenters. The van der Waals surface area contributed by atoms with Gasteiger partial charge in [-0.2, -0.15) is 24.7 Å². The molecular formula is C20H18F2N8O4. The number of para-hydroxylation sites is 1. The molecule has 0 aliphatic carbocycles. The van der Waals surface area contributed by atoms with Crippen LogP contribution in [0.1, 0.15) is 12.2 Å². The van der Waals surface area contributed by atoms with E-state index in [1.54, 1.807) is 18.2 Å². The molecule has 1 aliphatic rings. The molecule has 0 bridgehead atoms. The molecule has 3 aromatic heterocycles. The summed E-state index contributed by atoms with van der Waals surface area (Å²) in [7, 11) is 1.42. The van der Waals surface area contributed by atoms with Crippen LogP contribution in [0.5, 0.6) is 5.75 Å². The molecule has 0 radical (unpaired) electrons. The molecule has 1 fully saturated rings. The maximum atomic E-state index is 14.1. The summed E-state index contributed by atoms with van der Waals surface area (Å²) in [5, 5.41) is 13.0. The first-order valence-corrected chi connectivity index (χ1v) is 10.2. The van der Waals surface area contributed by atoms with Crippen LogP contribution in [0.15, 0.2) is 30.6 Å². The Bertz CT molecular complexity index is 1370. The van der Waals surface area contributed by atoms with Crippen molar-refractivity contribution < 1.29 is 28.2 Å². The van der Waals surface area contributed by atoms with Gasteiger partial charge < -0.3 is 19.5 Å². The Morgan fingerprint density at radius 3 is 2.59 bits per heavy atom. The number of morpholine rings is 1. The van der Waals surface area contributed by atoms with E-state index in [-0.39, 0.29) is 28.8 Å². The van der Waals surface area contributed by atoms with Crippen LogP contribution in [0, 0.1) is 0 Å². The molecule has 12 nitrogen and oxygen atoms in total. The van der Waals surface area contributed by atoms with Crippen molar-refractivity contribution in [2.24, 2.45) is 0 Å². The molecule has 14 heteroatoms. The molecule has 0 spiro atoms. The third-order valence-corrected chi connectivity index (χ3v) is 5.23. The van der Waals surface area contributed by atoms with Crippen molar-refractivity contribution in [2.75, 3.05) is 38.3 Å². The normalized spacial score (nSPS) is 14.2. The Kier molecular flexibility index (Phi) is 5.49. The number of hydrogen-bond donors (Lipinski definition) is 1. The second-order valence-electron chi connectivity index (χ2n) is 7.25. The first-order valence-electron chi connectivity index (χ1n) is 10.2. The highest BCUT2D eigenvalue weighted by molar-refractivity contribution is 5.84. The summed E-state index contributed by atoms with van der Waals surface area (Å²) in [6, 6.07) is 4.88. The molecule has 34 heavy (non-hydrogen) atoms. The number of halogens is 2. The lowest BCUT2D eigenvalue weighted by Crippen LogP contribution is -2.37. The molecule has 0 saturated carbocycles. The summed E-state index contributed by atoms with van der Waals surface area (Å²) < 4.78 is 40.6. The monoisotopic (exact) mass is 472 g/mol. The van der Waals surface area contributed by atoms with Gasteiger partial charge in [-0.05, 0) is 12.1 Å². The fraction of sp³-hybridized carbons (Fsp3) is 0.300. The number of nitrogens with zero attached hydrogens (tertiary/aromatic N) is 8. The minimum absolute atomic E-state index is 0.0731. The number of carbonyl (C=O) groups is 1. The van der Waals surface area contributed by atoms with Crippen LogP contribution in [0.4, 0.5) is 19.5 Å². The Morgan fingerprint density at radius 2 is 1.91 bits per heavy atom. The summed E-state index contributed by atoms with van der Waals surface area (Å²) >= 11 is 0. The highest BCUT2D eigenvalue weighted by Gasteiger charge is 2.26. The predicted octanol–water partition coefficient (Wildman–Crippen LogP) is 2.38. The van der Waals surface area contributed by atoms with E-state index in [1.807, 2.05) is 4.90 Å². The van der Waals surface area contributed by atoms with Crippen LogP contribution in [0.3, 0.4) is 0 Å². The van der Waals surface area contributed by atoms with Crippen LogP contribution in [-0.4, -0.2) is 78.9 Å². The van der Waals surface area contributed by atoms with E-state index in [0.717, 1.165) is 4.57 Å². The van der Waals surface area contributed by atoms with Crippen molar-refractivity contribution in [3.05, 3.63) is 36.4 Å². The van der Waals surface area contributed by atoms with E-state index < -0.39 is 18.3 Å². The molecule has 1 saturated heterocycles. The van der Waals surface area contributed by atoms with Gasteiger partial charge in [0.05, 0.1) is 37.6 Å². The second kappa shape index (κ2) is 8.62. The predicted molar refractivity (Wildman–Crippen MR) is 114 cm³/mol.